The molecule has 1 heterocycles. The minimum Gasteiger partial charge on any atom is -0.353 e. The third-order valence-corrected chi connectivity index (χ3v) is 3.58. The SMILES string of the molecule is CCCCc1ccc(-n2ccnc2NC2CC2)cc1. The van der Waals surface area contributed by atoms with Gasteiger partial charge in [0.15, 0.2) is 0 Å². The Morgan fingerprint density at radius 2 is 2.05 bits per heavy atom. The van der Waals surface area contributed by atoms with E-state index in [0.717, 1.165) is 5.95 Å². The molecule has 1 saturated carbocycles. The molecule has 1 aromatic heterocycles. The Balaban J connectivity index is 1.75. The fourth-order valence-electron chi connectivity index (χ4n) is 2.23. The third kappa shape index (κ3) is 2.98. The van der Waals surface area contributed by atoms with E-state index < -0.39 is 0 Å². The molecule has 1 aliphatic rings. The van der Waals surface area contributed by atoms with Crippen LogP contribution in [0.25, 0.3) is 5.69 Å². The van der Waals surface area contributed by atoms with Crippen LogP contribution in [0.4, 0.5) is 5.95 Å². The molecule has 3 heteroatoms. The molecule has 0 radical (unpaired) electrons. The zero-order chi connectivity index (χ0) is 13.1. The van der Waals surface area contributed by atoms with Crippen LogP contribution in [0.3, 0.4) is 0 Å². The lowest BCUT2D eigenvalue weighted by Gasteiger charge is -2.10. The van der Waals surface area contributed by atoms with Crippen molar-refractivity contribution >= 4 is 5.95 Å². The zero-order valence-corrected chi connectivity index (χ0v) is 11.5. The molecule has 19 heavy (non-hydrogen) atoms. The van der Waals surface area contributed by atoms with Crippen LogP contribution in [0, 0.1) is 0 Å². The number of unbranched alkanes of at least 4 members (excludes halogenated alkanes) is 1. The predicted molar refractivity (Wildman–Crippen MR) is 78.8 cm³/mol. The van der Waals surface area contributed by atoms with Gasteiger partial charge in [-0.25, -0.2) is 4.98 Å². The van der Waals surface area contributed by atoms with Crippen molar-refractivity contribution in [2.24, 2.45) is 0 Å². The number of aromatic nitrogens is 2. The molecule has 100 valence electrons. The molecule has 1 fully saturated rings. The number of hydrogen-bond acceptors (Lipinski definition) is 2. The lowest BCUT2D eigenvalue weighted by atomic mass is 10.1. The predicted octanol–water partition coefficient (Wildman–Crippen LogP) is 3.79. The van der Waals surface area contributed by atoms with Crippen molar-refractivity contribution in [1.82, 2.24) is 9.55 Å². The Kier molecular flexibility index (Phi) is 3.53. The van der Waals surface area contributed by atoms with Crippen LogP contribution in [0.2, 0.25) is 0 Å². The van der Waals surface area contributed by atoms with E-state index in [1.807, 2.05) is 12.4 Å². The molecule has 2 aromatic rings. The van der Waals surface area contributed by atoms with Gasteiger partial charge in [0.25, 0.3) is 0 Å². The highest BCUT2D eigenvalue weighted by Gasteiger charge is 2.22. The lowest BCUT2D eigenvalue weighted by Crippen LogP contribution is -2.07. The summed E-state index contributed by atoms with van der Waals surface area (Å²) in [5.41, 5.74) is 2.60. The Bertz CT molecular complexity index is 523. The normalized spacial score (nSPS) is 14.6. The summed E-state index contributed by atoms with van der Waals surface area (Å²) in [4.78, 5) is 4.40. The molecule has 1 aliphatic carbocycles. The summed E-state index contributed by atoms with van der Waals surface area (Å²) in [5, 5.41) is 3.46. The second-order valence-electron chi connectivity index (χ2n) is 5.31. The van der Waals surface area contributed by atoms with Gasteiger partial charge in [0.2, 0.25) is 5.95 Å². The maximum atomic E-state index is 4.40. The molecule has 0 saturated heterocycles. The number of nitrogens with one attached hydrogen (secondary N) is 1. The molecule has 0 spiro atoms. The first kappa shape index (κ1) is 12.3. The van der Waals surface area contributed by atoms with Gasteiger partial charge in [0, 0.05) is 24.1 Å². The Labute approximate surface area is 114 Å². The first-order valence-electron chi connectivity index (χ1n) is 7.26. The first-order chi connectivity index (χ1) is 9.36. The molecule has 0 atom stereocenters. The Morgan fingerprint density at radius 3 is 2.74 bits per heavy atom. The summed E-state index contributed by atoms with van der Waals surface area (Å²) in [6.07, 6.45) is 10.1. The molecule has 1 aromatic carbocycles. The molecule has 3 nitrogen and oxygen atoms in total. The summed E-state index contributed by atoms with van der Waals surface area (Å²) in [7, 11) is 0. The summed E-state index contributed by atoms with van der Waals surface area (Å²) < 4.78 is 2.13. The van der Waals surface area contributed by atoms with E-state index in [9.17, 15) is 0 Å². The number of nitrogens with zero attached hydrogens (tertiary/aromatic N) is 2. The molecule has 0 amide bonds. The largest absolute Gasteiger partial charge is 0.353 e. The van der Waals surface area contributed by atoms with Crippen LogP contribution in [0.1, 0.15) is 38.2 Å². The van der Waals surface area contributed by atoms with Crippen LogP contribution >= 0.6 is 0 Å². The van der Waals surface area contributed by atoms with Crippen LogP contribution in [0.15, 0.2) is 36.7 Å². The highest BCUT2D eigenvalue weighted by molar-refractivity contribution is 5.43. The maximum absolute atomic E-state index is 4.40. The van der Waals surface area contributed by atoms with Crippen molar-refractivity contribution in [2.45, 2.75) is 45.1 Å². The first-order valence-corrected chi connectivity index (χ1v) is 7.26. The maximum Gasteiger partial charge on any atom is 0.207 e. The van der Waals surface area contributed by atoms with Gasteiger partial charge in [-0.15, -0.1) is 0 Å². The van der Waals surface area contributed by atoms with Gasteiger partial charge in [-0.2, -0.15) is 0 Å². The number of rotatable bonds is 6. The monoisotopic (exact) mass is 255 g/mol. The van der Waals surface area contributed by atoms with Gasteiger partial charge in [-0.1, -0.05) is 25.5 Å². The minimum atomic E-state index is 0.630. The molecule has 3 rings (SSSR count). The van der Waals surface area contributed by atoms with E-state index >= 15 is 0 Å². The fraction of sp³-hybridized carbons (Fsp3) is 0.438. The van der Waals surface area contributed by atoms with E-state index in [2.05, 4.69) is 46.1 Å². The fourth-order valence-corrected chi connectivity index (χ4v) is 2.23. The van der Waals surface area contributed by atoms with Crippen molar-refractivity contribution in [1.29, 1.82) is 0 Å². The van der Waals surface area contributed by atoms with Crippen molar-refractivity contribution < 1.29 is 0 Å². The van der Waals surface area contributed by atoms with Gasteiger partial charge in [-0.05, 0) is 43.4 Å². The number of imidazole rings is 1. The quantitative estimate of drug-likeness (QED) is 0.851. The molecule has 0 unspecified atom stereocenters. The summed E-state index contributed by atoms with van der Waals surface area (Å²) >= 11 is 0. The van der Waals surface area contributed by atoms with E-state index in [1.165, 1.54) is 43.4 Å². The van der Waals surface area contributed by atoms with E-state index in [0.29, 0.717) is 6.04 Å². The molecule has 1 N–H and O–H groups in total. The highest BCUT2D eigenvalue weighted by Crippen LogP contribution is 2.25. The van der Waals surface area contributed by atoms with Crippen LogP contribution in [-0.2, 0) is 6.42 Å². The van der Waals surface area contributed by atoms with Gasteiger partial charge in [-0.3, -0.25) is 4.57 Å². The van der Waals surface area contributed by atoms with E-state index in [1.54, 1.807) is 0 Å². The summed E-state index contributed by atoms with van der Waals surface area (Å²) in [6.45, 7) is 2.23. The van der Waals surface area contributed by atoms with Gasteiger partial charge >= 0.3 is 0 Å². The summed E-state index contributed by atoms with van der Waals surface area (Å²) in [5.74, 6) is 0.962. The zero-order valence-electron chi connectivity index (χ0n) is 11.5. The average molecular weight is 255 g/mol. The third-order valence-electron chi connectivity index (χ3n) is 3.58. The summed E-state index contributed by atoms with van der Waals surface area (Å²) in [6, 6.07) is 9.46. The number of anilines is 1. The van der Waals surface area contributed by atoms with Crippen LogP contribution < -0.4 is 5.32 Å². The number of aryl methyl sites for hydroxylation is 1. The Morgan fingerprint density at radius 1 is 1.26 bits per heavy atom. The standard InChI is InChI=1S/C16H21N3/c1-2-3-4-13-5-9-15(10-6-13)19-12-11-17-16(19)18-14-7-8-14/h5-6,9-12,14H,2-4,7-8H2,1H3,(H,17,18). The van der Waals surface area contributed by atoms with Gasteiger partial charge in [0.05, 0.1) is 0 Å². The van der Waals surface area contributed by atoms with Gasteiger partial charge < -0.3 is 5.32 Å². The van der Waals surface area contributed by atoms with Crippen molar-refractivity contribution in [3.8, 4) is 5.69 Å². The smallest absolute Gasteiger partial charge is 0.207 e. The highest BCUT2D eigenvalue weighted by atomic mass is 15.2. The second-order valence-corrected chi connectivity index (χ2v) is 5.31. The van der Waals surface area contributed by atoms with Gasteiger partial charge in [0.1, 0.15) is 0 Å². The van der Waals surface area contributed by atoms with Crippen molar-refractivity contribution in [3.05, 3.63) is 42.2 Å². The number of benzene rings is 1. The van der Waals surface area contributed by atoms with E-state index in [-0.39, 0.29) is 0 Å². The average Bonchev–Trinajstić information content (AvgIpc) is 3.13. The second kappa shape index (κ2) is 5.47. The lowest BCUT2D eigenvalue weighted by molar-refractivity contribution is 0.795. The minimum absolute atomic E-state index is 0.630. The topological polar surface area (TPSA) is 29.9 Å². The van der Waals surface area contributed by atoms with Crippen LogP contribution in [0.5, 0.6) is 0 Å². The molecule has 0 aliphatic heterocycles. The Hall–Kier alpha value is -1.77. The van der Waals surface area contributed by atoms with Crippen molar-refractivity contribution in [3.63, 3.8) is 0 Å². The van der Waals surface area contributed by atoms with Crippen LogP contribution in [-0.4, -0.2) is 15.6 Å². The van der Waals surface area contributed by atoms with E-state index in [4.69, 9.17) is 0 Å². The molecular formula is C16H21N3. The molecule has 0 bridgehead atoms. The molecular weight excluding hydrogens is 234 g/mol. The van der Waals surface area contributed by atoms with Crippen molar-refractivity contribution in [2.75, 3.05) is 5.32 Å². The number of hydrogen-bond donors (Lipinski definition) is 1.